The summed E-state index contributed by atoms with van der Waals surface area (Å²) in [4.78, 5) is 14.2. The van der Waals surface area contributed by atoms with Gasteiger partial charge in [0, 0.05) is 6.04 Å². The second-order valence-electron chi connectivity index (χ2n) is 6.53. The molecule has 1 aromatic carbocycles. The topological polar surface area (TPSA) is 67.6 Å². The van der Waals surface area contributed by atoms with E-state index in [1.165, 1.54) is 18.2 Å². The summed E-state index contributed by atoms with van der Waals surface area (Å²) in [7, 11) is 0. The van der Waals surface area contributed by atoms with E-state index >= 15 is 0 Å². The number of benzene rings is 1. The molecule has 0 bridgehead atoms. The van der Waals surface area contributed by atoms with Crippen molar-refractivity contribution in [1.29, 1.82) is 0 Å². The lowest BCUT2D eigenvalue weighted by Crippen LogP contribution is -2.48. The Labute approximate surface area is 130 Å². The van der Waals surface area contributed by atoms with E-state index in [4.69, 9.17) is 10.5 Å². The lowest BCUT2D eigenvalue weighted by molar-refractivity contribution is 0.0559. The van der Waals surface area contributed by atoms with Crippen molar-refractivity contribution >= 4 is 17.5 Å². The summed E-state index contributed by atoms with van der Waals surface area (Å²) in [5, 5.41) is 3.26. The Morgan fingerprint density at radius 1 is 1.36 bits per heavy atom. The number of hydrogen-bond acceptors (Lipinski definition) is 4. The molecule has 5 nitrogen and oxygen atoms in total. The number of anilines is 2. The molecule has 0 aromatic heterocycles. The Bertz CT molecular complexity index is 537. The van der Waals surface area contributed by atoms with Crippen LogP contribution in [0.4, 0.5) is 20.6 Å². The second kappa shape index (κ2) is 6.52. The number of carbonyl (C=O) groups excluding carboxylic acids is 1. The monoisotopic (exact) mass is 309 g/mol. The minimum Gasteiger partial charge on any atom is -0.443 e. The van der Waals surface area contributed by atoms with E-state index in [-0.39, 0.29) is 11.7 Å². The van der Waals surface area contributed by atoms with Gasteiger partial charge in [-0.15, -0.1) is 0 Å². The van der Waals surface area contributed by atoms with Gasteiger partial charge in [-0.05, 0) is 64.9 Å². The molecular weight excluding hydrogens is 285 g/mol. The van der Waals surface area contributed by atoms with Gasteiger partial charge in [0.05, 0.1) is 11.4 Å². The SMILES string of the molecule is CC(C)(C)OC(=O)N(c1ccc(F)cc1N)C1CCNCC1. The minimum absolute atomic E-state index is 0.0103. The molecule has 1 heterocycles. The number of amides is 1. The third-order valence-electron chi connectivity index (χ3n) is 3.51. The summed E-state index contributed by atoms with van der Waals surface area (Å²) >= 11 is 0. The number of ether oxygens (including phenoxy) is 1. The fourth-order valence-electron chi connectivity index (χ4n) is 2.56. The van der Waals surface area contributed by atoms with Crippen molar-refractivity contribution in [2.45, 2.75) is 45.3 Å². The van der Waals surface area contributed by atoms with E-state index in [1.807, 2.05) is 20.8 Å². The minimum atomic E-state index is -0.600. The molecule has 0 radical (unpaired) electrons. The van der Waals surface area contributed by atoms with E-state index in [2.05, 4.69) is 5.32 Å². The van der Waals surface area contributed by atoms with Gasteiger partial charge in [0.2, 0.25) is 0 Å². The highest BCUT2D eigenvalue weighted by atomic mass is 19.1. The maximum absolute atomic E-state index is 13.3. The van der Waals surface area contributed by atoms with Crippen molar-refractivity contribution < 1.29 is 13.9 Å². The lowest BCUT2D eigenvalue weighted by Gasteiger charge is -2.36. The molecule has 1 aromatic rings. The van der Waals surface area contributed by atoms with Crippen LogP contribution in [0, 0.1) is 5.82 Å². The maximum Gasteiger partial charge on any atom is 0.415 e. The van der Waals surface area contributed by atoms with Crippen molar-refractivity contribution in [2.75, 3.05) is 23.7 Å². The molecule has 1 aliphatic heterocycles. The highest BCUT2D eigenvalue weighted by molar-refractivity contribution is 5.92. The van der Waals surface area contributed by atoms with E-state index in [9.17, 15) is 9.18 Å². The van der Waals surface area contributed by atoms with Gasteiger partial charge >= 0.3 is 6.09 Å². The number of nitrogens with two attached hydrogens (primary N) is 1. The molecule has 2 rings (SSSR count). The molecule has 0 spiro atoms. The number of nitrogens with zero attached hydrogens (tertiary/aromatic N) is 1. The van der Waals surface area contributed by atoms with Crippen molar-refractivity contribution in [2.24, 2.45) is 0 Å². The van der Waals surface area contributed by atoms with E-state index < -0.39 is 17.5 Å². The van der Waals surface area contributed by atoms with Gasteiger partial charge in [0.15, 0.2) is 0 Å². The first-order valence-electron chi connectivity index (χ1n) is 7.56. The van der Waals surface area contributed by atoms with Crippen LogP contribution in [-0.4, -0.2) is 30.8 Å². The Balaban J connectivity index is 2.33. The fourth-order valence-corrected chi connectivity index (χ4v) is 2.56. The zero-order valence-electron chi connectivity index (χ0n) is 13.4. The number of nitrogen functional groups attached to an aromatic ring is 1. The molecule has 0 unspecified atom stereocenters. The predicted octanol–water partition coefficient (Wildman–Crippen LogP) is 2.90. The Morgan fingerprint density at radius 3 is 2.55 bits per heavy atom. The van der Waals surface area contributed by atoms with E-state index in [0.717, 1.165) is 25.9 Å². The van der Waals surface area contributed by atoms with Gasteiger partial charge in [0.1, 0.15) is 11.4 Å². The second-order valence-corrected chi connectivity index (χ2v) is 6.53. The van der Waals surface area contributed by atoms with Gasteiger partial charge in [-0.2, -0.15) is 0 Å². The van der Waals surface area contributed by atoms with Gasteiger partial charge < -0.3 is 15.8 Å². The molecule has 122 valence electrons. The summed E-state index contributed by atoms with van der Waals surface area (Å²) in [6, 6.07) is 4.07. The first-order valence-corrected chi connectivity index (χ1v) is 7.56. The summed E-state index contributed by atoms with van der Waals surface area (Å²) in [6.07, 6.45) is 1.16. The molecule has 1 aliphatic rings. The van der Waals surface area contributed by atoms with Crippen molar-refractivity contribution in [3.8, 4) is 0 Å². The van der Waals surface area contributed by atoms with Gasteiger partial charge in [0.25, 0.3) is 0 Å². The molecular formula is C16H24FN3O2. The first kappa shape index (κ1) is 16.5. The molecule has 1 fully saturated rings. The average molecular weight is 309 g/mol. The molecule has 6 heteroatoms. The Hall–Kier alpha value is -1.82. The molecule has 0 atom stereocenters. The summed E-state index contributed by atoms with van der Waals surface area (Å²) in [5.74, 6) is -0.421. The van der Waals surface area contributed by atoms with Crippen molar-refractivity contribution in [3.63, 3.8) is 0 Å². The Kier molecular flexibility index (Phi) is 4.90. The Morgan fingerprint density at radius 2 is 2.00 bits per heavy atom. The van der Waals surface area contributed by atoms with Gasteiger partial charge in [-0.25, -0.2) is 9.18 Å². The molecule has 0 aliphatic carbocycles. The lowest BCUT2D eigenvalue weighted by atomic mass is 10.0. The quantitative estimate of drug-likeness (QED) is 0.824. The van der Waals surface area contributed by atoms with Crippen LogP contribution in [0.25, 0.3) is 0 Å². The number of carbonyl (C=O) groups is 1. The summed E-state index contributed by atoms with van der Waals surface area (Å²) in [5.41, 5.74) is 6.07. The molecule has 1 amide bonds. The van der Waals surface area contributed by atoms with Crippen molar-refractivity contribution in [3.05, 3.63) is 24.0 Å². The van der Waals surface area contributed by atoms with Gasteiger partial charge in [-0.3, -0.25) is 4.90 Å². The van der Waals surface area contributed by atoms with Gasteiger partial charge in [-0.1, -0.05) is 0 Å². The average Bonchev–Trinajstić information content (AvgIpc) is 2.41. The standard InChI is InChI=1S/C16H24FN3O2/c1-16(2,3)22-15(21)20(12-6-8-19-9-7-12)14-5-4-11(17)10-13(14)18/h4-5,10,12,19H,6-9,18H2,1-3H3. The van der Waals surface area contributed by atoms with Crippen LogP contribution in [0.3, 0.4) is 0 Å². The summed E-state index contributed by atoms with van der Waals surface area (Å²) < 4.78 is 18.8. The van der Waals surface area contributed by atoms with Crippen LogP contribution in [-0.2, 0) is 4.74 Å². The van der Waals surface area contributed by atoms with Crippen LogP contribution < -0.4 is 16.0 Å². The highest BCUT2D eigenvalue weighted by Crippen LogP contribution is 2.30. The normalized spacial score (nSPS) is 16.4. The fraction of sp³-hybridized carbons (Fsp3) is 0.562. The molecule has 22 heavy (non-hydrogen) atoms. The largest absolute Gasteiger partial charge is 0.443 e. The van der Waals surface area contributed by atoms with E-state index in [0.29, 0.717) is 5.69 Å². The zero-order chi connectivity index (χ0) is 16.3. The highest BCUT2D eigenvalue weighted by Gasteiger charge is 2.31. The van der Waals surface area contributed by atoms with Crippen LogP contribution in [0.5, 0.6) is 0 Å². The third-order valence-corrected chi connectivity index (χ3v) is 3.51. The zero-order valence-corrected chi connectivity index (χ0v) is 13.4. The first-order chi connectivity index (χ1) is 10.3. The van der Waals surface area contributed by atoms with Crippen LogP contribution in [0.2, 0.25) is 0 Å². The van der Waals surface area contributed by atoms with E-state index in [1.54, 1.807) is 4.90 Å². The molecule has 0 saturated carbocycles. The van der Waals surface area contributed by atoms with Crippen LogP contribution in [0.1, 0.15) is 33.6 Å². The number of nitrogens with one attached hydrogen (secondary N) is 1. The number of hydrogen-bond donors (Lipinski definition) is 2. The predicted molar refractivity (Wildman–Crippen MR) is 85.4 cm³/mol. The van der Waals surface area contributed by atoms with Crippen molar-refractivity contribution in [1.82, 2.24) is 5.32 Å². The van der Waals surface area contributed by atoms with Crippen LogP contribution >= 0.6 is 0 Å². The summed E-state index contributed by atoms with van der Waals surface area (Å²) in [6.45, 7) is 7.11. The number of rotatable bonds is 2. The number of piperidine rings is 1. The molecule has 3 N–H and O–H groups in total. The molecule has 1 saturated heterocycles. The third kappa shape index (κ3) is 4.10. The maximum atomic E-state index is 13.3. The smallest absolute Gasteiger partial charge is 0.415 e. The number of halogens is 1. The van der Waals surface area contributed by atoms with Crippen LogP contribution in [0.15, 0.2) is 18.2 Å².